The van der Waals surface area contributed by atoms with Crippen LogP contribution >= 0.6 is 0 Å². The topological polar surface area (TPSA) is 8.82 Å². The van der Waals surface area contributed by atoms with Crippen molar-refractivity contribution in [2.75, 3.05) is 0 Å². The van der Waals surface area contributed by atoms with Crippen LogP contribution in [0.4, 0.5) is 0 Å². The molecule has 0 bridgehead atoms. The molecule has 0 amide bonds. The molecule has 0 saturated heterocycles. The highest BCUT2D eigenvalue weighted by Crippen LogP contribution is 2.65. The van der Waals surface area contributed by atoms with Gasteiger partial charge in [0.05, 0.1) is 33.1 Å². The molecule has 0 atom stereocenters. The van der Waals surface area contributed by atoms with E-state index in [9.17, 15) is 0 Å². The van der Waals surface area contributed by atoms with Crippen molar-refractivity contribution in [3.63, 3.8) is 0 Å². The number of nitrogens with zero attached hydrogens (tertiary/aromatic N) is 2. The fourth-order valence-electron chi connectivity index (χ4n) is 15.4. The van der Waals surface area contributed by atoms with Gasteiger partial charge >= 0.3 is 0 Å². The first kappa shape index (κ1) is 51.6. The summed E-state index contributed by atoms with van der Waals surface area (Å²) in [5.74, 6) is 0. The van der Waals surface area contributed by atoms with Crippen LogP contribution in [0.1, 0.15) is 211 Å². The Morgan fingerprint density at radius 2 is 0.526 bits per heavy atom. The lowest BCUT2D eigenvalue weighted by atomic mass is 9.59. The molecule has 13 rings (SSSR count). The van der Waals surface area contributed by atoms with Gasteiger partial charge in [-0.2, -0.15) is 0 Å². The summed E-state index contributed by atoms with van der Waals surface area (Å²) in [4.78, 5) is 0. The number of benzene rings is 7. The molecule has 2 nitrogen and oxygen atoms in total. The molecule has 4 aromatic heterocycles. The van der Waals surface area contributed by atoms with Crippen molar-refractivity contribution in [1.29, 1.82) is 0 Å². The van der Waals surface area contributed by atoms with E-state index in [1.54, 1.807) is 0 Å². The number of hydrogen-bond donors (Lipinski definition) is 0. The fourth-order valence-corrected chi connectivity index (χ4v) is 15.4. The third-order valence-corrected chi connectivity index (χ3v) is 23.1. The molecule has 402 valence electrons. The van der Waals surface area contributed by atoms with Gasteiger partial charge in [0, 0.05) is 43.1 Å². The van der Waals surface area contributed by atoms with Crippen molar-refractivity contribution in [2.45, 2.75) is 209 Å². The molecule has 11 aromatic rings. The van der Waals surface area contributed by atoms with E-state index >= 15 is 0 Å². The zero-order valence-electron chi connectivity index (χ0n) is 52.1. The maximum Gasteiger partial charge on any atom is 0.0634 e. The first-order chi connectivity index (χ1) is 35.7. The Hall–Kier alpha value is -5.86. The highest BCUT2D eigenvalue weighted by molar-refractivity contribution is 6.45. The van der Waals surface area contributed by atoms with Crippen LogP contribution in [0.15, 0.2) is 97.1 Å². The second kappa shape index (κ2) is 14.7. The second-order valence-electron chi connectivity index (χ2n) is 32.5. The SMILES string of the molecule is CC(C)(C)c1cc(-c2ccc3c(c2)c2c4c5cc6c(cc5n5c7ccc(-c8cc(C(C)(C)C)cc(C(C)(C)C)c8)cc7c(c7c8cc9c(cc8n3c27)C(C)(C)C(C)(C)C9(C)C)c45)C(C)(C)C(C)(C)C6(C)C)cc(C(C)(C)C)c1. The average molecular weight is 1030 g/mol. The van der Waals surface area contributed by atoms with Crippen LogP contribution in [0, 0.1) is 10.8 Å². The summed E-state index contributed by atoms with van der Waals surface area (Å²) in [7, 11) is 0. The molecule has 2 aliphatic rings. The Bertz CT molecular complexity index is 4080. The minimum Gasteiger partial charge on any atom is -0.308 e. The molecule has 2 heteroatoms. The lowest BCUT2D eigenvalue weighted by Gasteiger charge is -2.44. The third kappa shape index (κ3) is 6.22. The van der Waals surface area contributed by atoms with Crippen LogP contribution in [0.3, 0.4) is 0 Å². The molecule has 78 heavy (non-hydrogen) atoms. The van der Waals surface area contributed by atoms with Gasteiger partial charge in [-0.05, 0) is 169 Å². The molecular weight excluding hydrogens is 941 g/mol. The van der Waals surface area contributed by atoms with E-state index in [2.05, 4.69) is 272 Å². The van der Waals surface area contributed by atoms with Gasteiger partial charge in [-0.3, -0.25) is 0 Å². The quantitative estimate of drug-likeness (QED) is 0.163. The van der Waals surface area contributed by atoms with Crippen LogP contribution in [0.5, 0.6) is 0 Å². The van der Waals surface area contributed by atoms with E-state index in [0.29, 0.717) is 0 Å². The van der Waals surface area contributed by atoms with Gasteiger partial charge in [0.15, 0.2) is 0 Å². The highest BCUT2D eigenvalue weighted by Gasteiger charge is 2.58. The molecule has 2 aliphatic carbocycles. The molecule has 7 aromatic carbocycles. The van der Waals surface area contributed by atoms with Crippen molar-refractivity contribution in [3.8, 4) is 22.3 Å². The van der Waals surface area contributed by atoms with Gasteiger partial charge in [-0.15, -0.1) is 0 Å². The van der Waals surface area contributed by atoms with Crippen LogP contribution in [-0.2, 0) is 43.3 Å². The van der Waals surface area contributed by atoms with Crippen LogP contribution in [0.25, 0.3) is 98.4 Å². The van der Waals surface area contributed by atoms with Crippen molar-refractivity contribution in [1.82, 2.24) is 8.80 Å². The molecular formula is C76H88N2. The van der Waals surface area contributed by atoms with E-state index in [0.717, 1.165) is 0 Å². The molecule has 0 fully saturated rings. The molecule has 0 N–H and O–H groups in total. The van der Waals surface area contributed by atoms with Gasteiger partial charge in [-0.25, -0.2) is 0 Å². The smallest absolute Gasteiger partial charge is 0.0634 e. The lowest BCUT2D eigenvalue weighted by Crippen LogP contribution is -2.42. The summed E-state index contributed by atoms with van der Waals surface area (Å²) in [6.45, 7) is 58.4. The zero-order valence-corrected chi connectivity index (χ0v) is 52.1. The van der Waals surface area contributed by atoms with Gasteiger partial charge in [0.1, 0.15) is 0 Å². The van der Waals surface area contributed by atoms with Gasteiger partial charge in [0.25, 0.3) is 0 Å². The Balaban J connectivity index is 1.27. The minimum absolute atomic E-state index is 0.00268. The predicted molar refractivity (Wildman–Crippen MR) is 341 cm³/mol. The maximum atomic E-state index is 2.73. The normalized spacial score (nSPS) is 18.9. The molecule has 0 unspecified atom stereocenters. The predicted octanol–water partition coefficient (Wildman–Crippen LogP) is 21.7. The molecule has 0 saturated carbocycles. The van der Waals surface area contributed by atoms with Crippen molar-refractivity contribution >= 4 is 76.2 Å². The zero-order chi connectivity index (χ0) is 56.5. The fraction of sp³-hybridized carbons (Fsp3) is 0.447. The first-order valence-electron chi connectivity index (χ1n) is 29.6. The van der Waals surface area contributed by atoms with E-state index in [4.69, 9.17) is 0 Å². The van der Waals surface area contributed by atoms with Crippen LogP contribution in [0.2, 0.25) is 0 Å². The van der Waals surface area contributed by atoms with Crippen molar-refractivity contribution in [3.05, 3.63) is 142 Å². The Labute approximate surface area is 466 Å². The first-order valence-corrected chi connectivity index (χ1v) is 29.6. The largest absolute Gasteiger partial charge is 0.308 e. The lowest BCUT2D eigenvalue weighted by molar-refractivity contribution is 0.125. The number of fused-ring (bicyclic) bond motifs is 16. The molecule has 0 radical (unpaired) electrons. The van der Waals surface area contributed by atoms with E-state index < -0.39 is 0 Å². The molecule has 0 aliphatic heterocycles. The summed E-state index contributed by atoms with van der Waals surface area (Å²) in [5.41, 5.74) is 24.4. The standard InChI is InChI=1S/C76H88N2/c1-67(2,3)45-29-43(30-46(35-45)68(4,5)6)41-25-27-57-49(33-41)61-63-51-37-53-56(74(19,20)75(21,22)71(53,13)14)40-60(51)78-58-28-26-42(44-31-47(69(7,8)9)36-48(32-44)70(10,11)12)34-50(58)62(66(63)78)64-52-38-54-55(39-59(52)77(57)65(61)64)73(17,18)76(23,24)72(54,15)16/h25-40H,1-24H3. The van der Waals surface area contributed by atoms with E-state index in [1.807, 2.05) is 0 Å². The molecule has 4 heterocycles. The summed E-state index contributed by atoms with van der Waals surface area (Å²) >= 11 is 0. The third-order valence-electron chi connectivity index (χ3n) is 23.1. The van der Waals surface area contributed by atoms with Crippen LogP contribution in [-0.4, -0.2) is 8.80 Å². The number of rotatable bonds is 2. The summed E-state index contributed by atoms with van der Waals surface area (Å²) < 4.78 is 5.46. The van der Waals surface area contributed by atoms with Crippen molar-refractivity contribution < 1.29 is 0 Å². The Kier molecular flexibility index (Phi) is 9.74. The maximum absolute atomic E-state index is 2.73. The number of hydrogen-bond acceptors (Lipinski definition) is 0. The second-order valence-corrected chi connectivity index (χ2v) is 32.5. The van der Waals surface area contributed by atoms with Crippen molar-refractivity contribution in [2.24, 2.45) is 10.8 Å². The summed E-state index contributed by atoms with van der Waals surface area (Å²) in [6.07, 6.45) is 0. The highest BCUT2D eigenvalue weighted by atomic mass is 14.9. The Morgan fingerprint density at radius 1 is 0.269 bits per heavy atom. The minimum atomic E-state index is -0.0527. The van der Waals surface area contributed by atoms with Gasteiger partial charge in [-0.1, -0.05) is 215 Å². The number of aromatic nitrogens is 2. The van der Waals surface area contributed by atoms with E-state index in [-0.39, 0.29) is 54.1 Å². The van der Waals surface area contributed by atoms with Crippen LogP contribution < -0.4 is 0 Å². The van der Waals surface area contributed by atoms with Gasteiger partial charge < -0.3 is 8.80 Å². The summed E-state index contributed by atoms with van der Waals surface area (Å²) in [5, 5.41) is 11.0. The molecule has 0 spiro atoms. The summed E-state index contributed by atoms with van der Waals surface area (Å²) in [6, 6.07) is 40.5. The monoisotopic (exact) mass is 1030 g/mol. The van der Waals surface area contributed by atoms with E-state index in [1.165, 1.54) is 143 Å². The van der Waals surface area contributed by atoms with Gasteiger partial charge in [0.2, 0.25) is 0 Å². The Morgan fingerprint density at radius 3 is 0.795 bits per heavy atom. The average Bonchev–Trinajstić information content (AvgIpc) is 3.10.